The van der Waals surface area contributed by atoms with E-state index in [1.807, 2.05) is 24.3 Å². The van der Waals surface area contributed by atoms with Gasteiger partial charge in [0.15, 0.2) is 0 Å². The van der Waals surface area contributed by atoms with E-state index in [9.17, 15) is 4.39 Å². The fourth-order valence-electron chi connectivity index (χ4n) is 3.11. The van der Waals surface area contributed by atoms with Crippen LogP contribution in [0.3, 0.4) is 0 Å². The molecule has 0 aromatic carbocycles. The molecule has 2 unspecified atom stereocenters. The largest absolute Gasteiger partial charge is 0.365 e. The molecule has 4 heteroatoms. The lowest BCUT2D eigenvalue weighted by Crippen LogP contribution is -2.37. The molecule has 2 aliphatic carbocycles. The number of rotatable bonds is 0. The second kappa shape index (κ2) is 4.84. The fourth-order valence-corrected chi connectivity index (χ4v) is 3.11. The Bertz CT molecular complexity index is 677. The van der Waals surface area contributed by atoms with Crippen molar-refractivity contribution in [2.45, 2.75) is 6.04 Å². The van der Waals surface area contributed by atoms with Gasteiger partial charge in [0.1, 0.15) is 5.83 Å². The van der Waals surface area contributed by atoms with Gasteiger partial charge in [0.2, 0.25) is 0 Å². The molecule has 0 saturated heterocycles. The minimum Gasteiger partial charge on any atom is -0.365 e. The van der Waals surface area contributed by atoms with Crippen LogP contribution in [0.15, 0.2) is 76.4 Å². The molecule has 2 aliphatic heterocycles. The van der Waals surface area contributed by atoms with Crippen LogP contribution in [-0.2, 0) is 0 Å². The highest BCUT2D eigenvalue weighted by Crippen LogP contribution is 2.39. The monoisotopic (exact) mass is 380 g/mol. The fraction of sp³-hybridized carbons (Fsp3) is 0.188. The topological polar surface area (TPSA) is 15.6 Å². The van der Waals surface area contributed by atoms with Gasteiger partial charge in [0.05, 0.1) is 29.1 Å². The molecule has 4 rings (SSSR count). The molecule has 0 aromatic rings. The van der Waals surface area contributed by atoms with Crippen LogP contribution in [0, 0.1) is 5.92 Å². The molecule has 2 nitrogen and oxygen atoms in total. The average molecular weight is 380 g/mol. The van der Waals surface area contributed by atoms with E-state index >= 15 is 0 Å². The highest BCUT2D eigenvalue weighted by molar-refractivity contribution is 14.0. The quantitative estimate of drug-likeness (QED) is 0.586. The number of hydrogen-bond donors (Lipinski definition) is 0. The van der Waals surface area contributed by atoms with Crippen molar-refractivity contribution in [2.24, 2.45) is 10.9 Å². The number of likely N-dealkylation sites (N-methyl/N-ethyl adjacent to an activating group) is 1. The van der Waals surface area contributed by atoms with Crippen LogP contribution in [0.1, 0.15) is 0 Å². The van der Waals surface area contributed by atoms with E-state index in [4.69, 9.17) is 0 Å². The van der Waals surface area contributed by atoms with Gasteiger partial charge in [-0.2, -0.15) is 0 Å². The lowest BCUT2D eigenvalue weighted by atomic mass is 9.89. The molecular formula is C16H14FIN2. The maximum atomic E-state index is 13.4. The van der Waals surface area contributed by atoms with E-state index in [1.165, 1.54) is 11.8 Å². The summed E-state index contributed by atoms with van der Waals surface area (Å²) in [4.78, 5) is 6.87. The number of nitrogens with zero attached hydrogens (tertiary/aromatic N) is 2. The predicted octanol–water partition coefficient (Wildman–Crippen LogP) is 3.68. The van der Waals surface area contributed by atoms with Gasteiger partial charge in [-0.15, -0.1) is 24.0 Å². The van der Waals surface area contributed by atoms with Gasteiger partial charge in [-0.3, -0.25) is 4.99 Å². The van der Waals surface area contributed by atoms with Gasteiger partial charge in [0.25, 0.3) is 0 Å². The Balaban J connectivity index is 0.00000121. The Morgan fingerprint density at radius 1 is 1.15 bits per heavy atom. The van der Waals surface area contributed by atoms with Crippen LogP contribution in [0.2, 0.25) is 0 Å². The Labute approximate surface area is 134 Å². The third kappa shape index (κ3) is 1.85. The maximum absolute atomic E-state index is 13.4. The summed E-state index contributed by atoms with van der Waals surface area (Å²) in [5.74, 6) is 0.0507. The van der Waals surface area contributed by atoms with Gasteiger partial charge in [-0.05, 0) is 29.9 Å². The highest BCUT2D eigenvalue weighted by Gasteiger charge is 2.36. The van der Waals surface area contributed by atoms with Crippen molar-refractivity contribution < 1.29 is 4.39 Å². The normalized spacial score (nSPS) is 29.1. The standard InChI is InChI=1S/C16H13FN2.HI/c1-19-15-7-6-11(17)8-10(15)9-14-16(19)12-4-2-3-5-13(12)18-14;/h2-9,12,15H,1H3;1H. The first kappa shape index (κ1) is 13.5. The van der Waals surface area contributed by atoms with Gasteiger partial charge < -0.3 is 4.90 Å². The van der Waals surface area contributed by atoms with E-state index in [2.05, 4.69) is 29.1 Å². The minimum atomic E-state index is -0.192. The zero-order chi connectivity index (χ0) is 13.0. The maximum Gasteiger partial charge on any atom is 0.123 e. The molecule has 0 N–H and O–H groups in total. The zero-order valence-electron chi connectivity index (χ0n) is 11.0. The van der Waals surface area contributed by atoms with E-state index in [-0.39, 0.29) is 41.8 Å². The molecule has 2 atom stereocenters. The molecule has 4 aliphatic rings. The number of fused-ring (bicyclic) bond motifs is 3. The molecule has 20 heavy (non-hydrogen) atoms. The predicted molar refractivity (Wildman–Crippen MR) is 89.6 cm³/mol. The van der Waals surface area contributed by atoms with Crippen LogP contribution in [0.5, 0.6) is 0 Å². The average Bonchev–Trinajstić information content (AvgIpc) is 2.76. The Morgan fingerprint density at radius 2 is 2.00 bits per heavy atom. The first-order chi connectivity index (χ1) is 9.24. The van der Waals surface area contributed by atoms with Crippen molar-refractivity contribution in [3.8, 4) is 0 Å². The Hall–Kier alpha value is -1.43. The van der Waals surface area contributed by atoms with Crippen molar-refractivity contribution in [2.75, 3.05) is 7.05 Å². The molecule has 0 aromatic heterocycles. The lowest BCUT2D eigenvalue weighted by molar-refractivity contribution is 0.363. The van der Waals surface area contributed by atoms with Crippen molar-refractivity contribution in [3.63, 3.8) is 0 Å². The number of halogens is 2. The summed E-state index contributed by atoms with van der Waals surface area (Å²) in [7, 11) is 2.05. The van der Waals surface area contributed by atoms with E-state index in [1.54, 1.807) is 6.08 Å². The first-order valence-corrected chi connectivity index (χ1v) is 6.41. The third-order valence-electron chi connectivity index (χ3n) is 3.99. The molecule has 0 fully saturated rings. The molecule has 0 saturated carbocycles. The van der Waals surface area contributed by atoms with Crippen LogP contribution >= 0.6 is 24.0 Å². The summed E-state index contributed by atoms with van der Waals surface area (Å²) in [6.45, 7) is 0. The van der Waals surface area contributed by atoms with Crippen LogP contribution in [0.25, 0.3) is 0 Å². The van der Waals surface area contributed by atoms with E-state index in [0.29, 0.717) is 0 Å². The number of hydrogen-bond acceptors (Lipinski definition) is 2. The van der Waals surface area contributed by atoms with Crippen LogP contribution in [0.4, 0.5) is 4.39 Å². The summed E-state index contributed by atoms with van der Waals surface area (Å²) in [5.41, 5.74) is 4.22. The van der Waals surface area contributed by atoms with Crippen molar-refractivity contribution >= 4 is 29.7 Å². The molecule has 2 heterocycles. The SMILES string of the molecule is CN1C2=C(C=C3C=C(F)C=CC31)N=C1C=CC=CC12.I. The Morgan fingerprint density at radius 3 is 2.85 bits per heavy atom. The van der Waals surface area contributed by atoms with Crippen LogP contribution in [-0.4, -0.2) is 23.7 Å². The summed E-state index contributed by atoms with van der Waals surface area (Å²) < 4.78 is 13.4. The number of aliphatic imine (C=N–C) groups is 1. The van der Waals surface area contributed by atoms with Crippen molar-refractivity contribution in [1.29, 1.82) is 0 Å². The van der Waals surface area contributed by atoms with E-state index < -0.39 is 0 Å². The first-order valence-electron chi connectivity index (χ1n) is 6.41. The third-order valence-corrected chi connectivity index (χ3v) is 3.99. The summed E-state index contributed by atoms with van der Waals surface area (Å²) >= 11 is 0. The molecule has 0 radical (unpaired) electrons. The van der Waals surface area contributed by atoms with Gasteiger partial charge >= 0.3 is 0 Å². The highest BCUT2D eigenvalue weighted by atomic mass is 127. The molecule has 0 spiro atoms. The van der Waals surface area contributed by atoms with Gasteiger partial charge in [0, 0.05) is 7.05 Å². The van der Waals surface area contributed by atoms with Crippen molar-refractivity contribution in [1.82, 2.24) is 4.90 Å². The van der Waals surface area contributed by atoms with Crippen LogP contribution < -0.4 is 0 Å². The number of allylic oxidation sites excluding steroid dienone is 7. The van der Waals surface area contributed by atoms with Gasteiger partial charge in [-0.1, -0.05) is 24.3 Å². The van der Waals surface area contributed by atoms with Gasteiger partial charge in [-0.25, -0.2) is 4.39 Å². The summed E-state index contributed by atoms with van der Waals surface area (Å²) in [6.07, 6.45) is 15.3. The molecule has 0 amide bonds. The molecule has 102 valence electrons. The second-order valence-electron chi connectivity index (χ2n) is 5.12. The van der Waals surface area contributed by atoms with E-state index in [0.717, 1.165) is 17.0 Å². The smallest absolute Gasteiger partial charge is 0.123 e. The summed E-state index contributed by atoms with van der Waals surface area (Å²) in [5, 5.41) is 0. The lowest BCUT2D eigenvalue weighted by Gasteiger charge is -2.36. The summed E-state index contributed by atoms with van der Waals surface area (Å²) in [6, 6.07) is 0.118. The minimum absolute atomic E-state index is 0. The second-order valence-corrected chi connectivity index (χ2v) is 5.12. The Kier molecular flexibility index (Phi) is 3.28. The molecular weight excluding hydrogens is 366 g/mol. The zero-order valence-corrected chi connectivity index (χ0v) is 13.3. The molecule has 0 bridgehead atoms. The van der Waals surface area contributed by atoms with Crippen molar-refractivity contribution in [3.05, 3.63) is 71.4 Å².